The molecule has 0 aromatic carbocycles. The number of aromatic nitrogens is 1. The molecule has 0 saturated heterocycles. The van der Waals surface area contributed by atoms with Gasteiger partial charge in [0, 0.05) is 10.4 Å². The van der Waals surface area contributed by atoms with Crippen molar-refractivity contribution in [3.05, 3.63) is 20.8 Å². The maximum atomic E-state index is 10.7. The van der Waals surface area contributed by atoms with Crippen LogP contribution in [0.3, 0.4) is 0 Å². The molecule has 0 amide bonds. The third-order valence-corrected chi connectivity index (χ3v) is 2.56. The number of H-pyrrole nitrogens is 1. The van der Waals surface area contributed by atoms with Crippen molar-refractivity contribution in [2.75, 3.05) is 0 Å². The van der Waals surface area contributed by atoms with Crippen LogP contribution in [0.4, 0.5) is 0 Å². The summed E-state index contributed by atoms with van der Waals surface area (Å²) in [4.78, 5) is 19.6. The van der Waals surface area contributed by atoms with Crippen LogP contribution in [0.1, 0.15) is 10.4 Å². The molecule has 1 heterocycles. The molecule has 1 aromatic heterocycles. The number of hydrogen-bond donors (Lipinski definition) is 1. The van der Waals surface area contributed by atoms with Crippen molar-refractivity contribution in [3.8, 4) is 0 Å². The van der Waals surface area contributed by atoms with E-state index in [1.807, 2.05) is 6.79 Å². The zero-order chi connectivity index (χ0) is 8.85. The van der Waals surface area contributed by atoms with Crippen LogP contribution in [0.25, 0.3) is 0 Å². The first-order valence-corrected chi connectivity index (χ1v) is 4.12. The third-order valence-electron chi connectivity index (χ3n) is 1.15. The van der Waals surface area contributed by atoms with E-state index in [9.17, 15) is 4.79 Å². The predicted molar refractivity (Wildman–Crippen MR) is 46.4 cm³/mol. The first-order valence-electron chi connectivity index (χ1n) is 2.77. The lowest BCUT2D eigenvalue weighted by Gasteiger charge is -1.83. The average molecular weight is 194 g/mol. The van der Waals surface area contributed by atoms with Crippen LogP contribution >= 0.6 is 23.1 Å². The third kappa shape index (κ3) is 2.48. The van der Waals surface area contributed by atoms with Gasteiger partial charge in [0.2, 0.25) is 0 Å². The Labute approximate surface area is 73.2 Å². The van der Waals surface area contributed by atoms with Gasteiger partial charge in [-0.3, -0.25) is 9.17 Å². The summed E-state index contributed by atoms with van der Waals surface area (Å²) in [6.45, 7) is 3.77. The average Bonchev–Trinajstić information content (AvgIpc) is 2.37. The number of carbonyl (C=O) groups is 1. The quantitative estimate of drug-likeness (QED) is 0.684. The van der Waals surface area contributed by atoms with E-state index in [-0.39, 0.29) is 5.56 Å². The van der Waals surface area contributed by atoms with E-state index in [0.717, 1.165) is 10.4 Å². The summed E-state index contributed by atoms with van der Waals surface area (Å²) >= 11 is 6.80. The lowest BCUT2D eigenvalue weighted by atomic mass is 10.3. The number of hydrogen-bond acceptors (Lipinski definition) is 3. The largest absolute Gasteiger partial charge is 0.307 e. The fraction of sp³-hybridized carbons (Fsp3) is 0.333. The standard InChI is InChI=1S/C5H6ClNOS.CH2O/c1-3-4(2-6)9-7-5(3)8;1-2/h2H2,1H3,(H,7,8);1H2. The number of aromatic amines is 1. The van der Waals surface area contributed by atoms with Crippen LogP contribution in [-0.4, -0.2) is 11.2 Å². The Kier molecular flexibility index (Phi) is 4.81. The summed E-state index contributed by atoms with van der Waals surface area (Å²) in [5, 5.41) is 0. The van der Waals surface area contributed by atoms with Gasteiger partial charge >= 0.3 is 0 Å². The molecule has 0 spiro atoms. The summed E-state index contributed by atoms with van der Waals surface area (Å²) in [6, 6.07) is 0. The molecule has 11 heavy (non-hydrogen) atoms. The summed E-state index contributed by atoms with van der Waals surface area (Å²) in [6.07, 6.45) is 0. The minimum atomic E-state index is -0.0179. The van der Waals surface area contributed by atoms with Crippen LogP contribution in [0, 0.1) is 6.92 Å². The SMILES string of the molecule is C=O.Cc1c(CCl)s[nH]c1=O. The molecule has 0 atom stereocenters. The van der Waals surface area contributed by atoms with Gasteiger partial charge in [-0.1, -0.05) is 11.5 Å². The summed E-state index contributed by atoms with van der Waals surface area (Å²) < 4.78 is 2.59. The second-order valence-corrected chi connectivity index (χ2v) is 2.88. The van der Waals surface area contributed by atoms with Gasteiger partial charge in [0.05, 0.1) is 5.88 Å². The van der Waals surface area contributed by atoms with E-state index in [1.165, 1.54) is 11.5 Å². The summed E-state index contributed by atoms with van der Waals surface area (Å²) in [5.41, 5.74) is 0.727. The van der Waals surface area contributed by atoms with Gasteiger partial charge in [-0.05, 0) is 6.92 Å². The van der Waals surface area contributed by atoms with Gasteiger partial charge in [0.25, 0.3) is 5.56 Å². The smallest absolute Gasteiger partial charge is 0.261 e. The Balaban J connectivity index is 0.000000461. The van der Waals surface area contributed by atoms with Gasteiger partial charge in [-0.25, -0.2) is 0 Å². The summed E-state index contributed by atoms with van der Waals surface area (Å²) in [5.74, 6) is 0.426. The van der Waals surface area contributed by atoms with E-state index in [4.69, 9.17) is 16.4 Å². The van der Waals surface area contributed by atoms with Crippen LogP contribution in [0.5, 0.6) is 0 Å². The van der Waals surface area contributed by atoms with E-state index in [2.05, 4.69) is 4.37 Å². The number of carbonyl (C=O) groups excluding carboxylic acids is 1. The first kappa shape index (κ1) is 10.4. The van der Waals surface area contributed by atoms with Gasteiger partial charge in [-0.15, -0.1) is 11.6 Å². The predicted octanol–water partition coefficient (Wildman–Crippen LogP) is 1.30. The van der Waals surface area contributed by atoms with Crippen molar-refractivity contribution in [3.63, 3.8) is 0 Å². The van der Waals surface area contributed by atoms with Crippen molar-refractivity contribution in [2.45, 2.75) is 12.8 Å². The number of alkyl halides is 1. The molecule has 0 unspecified atom stereocenters. The van der Waals surface area contributed by atoms with Crippen LogP contribution < -0.4 is 5.56 Å². The van der Waals surface area contributed by atoms with Crippen molar-refractivity contribution in [1.82, 2.24) is 4.37 Å². The molecule has 3 nitrogen and oxygen atoms in total. The highest BCUT2D eigenvalue weighted by molar-refractivity contribution is 7.06. The molecule has 0 saturated carbocycles. The number of rotatable bonds is 1. The van der Waals surface area contributed by atoms with Gasteiger partial charge in [0.1, 0.15) is 6.79 Å². The van der Waals surface area contributed by atoms with Crippen molar-refractivity contribution >= 4 is 29.9 Å². The first-order chi connectivity index (χ1) is 5.25. The Morgan fingerprint density at radius 1 is 1.64 bits per heavy atom. The van der Waals surface area contributed by atoms with Gasteiger partial charge < -0.3 is 4.79 Å². The van der Waals surface area contributed by atoms with E-state index < -0.39 is 0 Å². The lowest BCUT2D eigenvalue weighted by Crippen LogP contribution is -2.00. The lowest BCUT2D eigenvalue weighted by molar-refractivity contribution is -0.0979. The van der Waals surface area contributed by atoms with Gasteiger partial charge in [0.15, 0.2) is 0 Å². The van der Waals surface area contributed by atoms with Crippen molar-refractivity contribution < 1.29 is 4.79 Å². The minimum Gasteiger partial charge on any atom is -0.307 e. The molecule has 0 aliphatic carbocycles. The van der Waals surface area contributed by atoms with E-state index >= 15 is 0 Å². The summed E-state index contributed by atoms with van der Waals surface area (Å²) in [7, 11) is 0. The highest BCUT2D eigenvalue weighted by Gasteiger charge is 2.01. The number of nitrogens with one attached hydrogen (secondary N) is 1. The Hall–Kier alpha value is -0.610. The monoisotopic (exact) mass is 193 g/mol. The van der Waals surface area contributed by atoms with Crippen LogP contribution in [0.15, 0.2) is 4.79 Å². The molecule has 0 aliphatic heterocycles. The highest BCUT2D eigenvalue weighted by atomic mass is 35.5. The fourth-order valence-electron chi connectivity index (χ4n) is 0.515. The molecule has 0 aliphatic rings. The Morgan fingerprint density at radius 2 is 2.18 bits per heavy atom. The molecule has 0 fully saturated rings. The van der Waals surface area contributed by atoms with E-state index in [0.29, 0.717) is 5.88 Å². The maximum Gasteiger partial charge on any atom is 0.261 e. The molecule has 62 valence electrons. The second kappa shape index (κ2) is 5.09. The van der Waals surface area contributed by atoms with Crippen molar-refractivity contribution in [1.29, 1.82) is 0 Å². The Bertz CT molecular complexity index is 268. The molecule has 0 bridgehead atoms. The molecule has 0 radical (unpaired) electrons. The van der Waals surface area contributed by atoms with E-state index in [1.54, 1.807) is 6.92 Å². The fourth-order valence-corrected chi connectivity index (χ4v) is 1.55. The Morgan fingerprint density at radius 3 is 2.36 bits per heavy atom. The van der Waals surface area contributed by atoms with Gasteiger partial charge in [-0.2, -0.15) is 0 Å². The zero-order valence-electron chi connectivity index (χ0n) is 6.02. The normalized spacial score (nSPS) is 8.55. The molecule has 1 N–H and O–H groups in total. The molecular weight excluding hydrogens is 186 g/mol. The molecule has 5 heteroatoms. The second-order valence-electron chi connectivity index (χ2n) is 1.72. The zero-order valence-corrected chi connectivity index (χ0v) is 7.59. The maximum absolute atomic E-state index is 10.7. The molecular formula is C6H8ClNO2S. The van der Waals surface area contributed by atoms with Crippen molar-refractivity contribution in [2.24, 2.45) is 0 Å². The molecule has 1 aromatic rings. The van der Waals surface area contributed by atoms with Crippen LogP contribution in [-0.2, 0) is 10.7 Å². The topological polar surface area (TPSA) is 49.9 Å². The highest BCUT2D eigenvalue weighted by Crippen LogP contribution is 2.09. The minimum absolute atomic E-state index is 0.0179. The van der Waals surface area contributed by atoms with Crippen LogP contribution in [0.2, 0.25) is 0 Å². The number of halogens is 1. The molecule has 1 rings (SSSR count).